The van der Waals surface area contributed by atoms with Gasteiger partial charge in [-0.1, -0.05) is 32.1 Å². The number of carbonyl (C=O) groups is 1. The predicted molar refractivity (Wildman–Crippen MR) is 79.0 cm³/mol. The Balaban J connectivity index is 1.72. The van der Waals surface area contributed by atoms with Crippen LogP contribution in [0.3, 0.4) is 0 Å². The third kappa shape index (κ3) is 4.63. The lowest BCUT2D eigenvalue weighted by Gasteiger charge is -2.25. The minimum Gasteiger partial charge on any atom is -0.350 e. The molecule has 1 fully saturated rings. The molecule has 1 heterocycles. The molecule has 2 atom stereocenters. The number of nitrogens with two attached hydrogens (primary N) is 1. The van der Waals surface area contributed by atoms with Gasteiger partial charge in [-0.25, -0.2) is 0 Å². The maximum atomic E-state index is 12.1. The van der Waals surface area contributed by atoms with Crippen LogP contribution in [0.15, 0.2) is 18.5 Å². The Hall–Kier alpha value is -1.36. The van der Waals surface area contributed by atoms with Crippen LogP contribution in [-0.2, 0) is 11.3 Å². The molecule has 2 unspecified atom stereocenters. The SMILES string of the molecule is CC(Cn1cccn1)NC(=O)C(N)CC1CCCCC1. The second kappa shape index (κ2) is 7.43. The normalized spacial score (nSPS) is 19.5. The summed E-state index contributed by atoms with van der Waals surface area (Å²) >= 11 is 0. The van der Waals surface area contributed by atoms with Crippen LogP contribution in [0, 0.1) is 5.92 Å². The summed E-state index contributed by atoms with van der Waals surface area (Å²) in [5.74, 6) is 0.598. The molecular formula is C15H26N4O. The minimum absolute atomic E-state index is 0.0322. The van der Waals surface area contributed by atoms with Crippen molar-refractivity contribution in [3.8, 4) is 0 Å². The Labute approximate surface area is 120 Å². The monoisotopic (exact) mass is 278 g/mol. The van der Waals surface area contributed by atoms with Crippen molar-refractivity contribution in [2.75, 3.05) is 0 Å². The van der Waals surface area contributed by atoms with Crippen LogP contribution in [0.4, 0.5) is 0 Å². The maximum Gasteiger partial charge on any atom is 0.237 e. The molecule has 1 aliphatic carbocycles. The van der Waals surface area contributed by atoms with Gasteiger partial charge in [0, 0.05) is 18.4 Å². The van der Waals surface area contributed by atoms with Crippen molar-refractivity contribution in [3.05, 3.63) is 18.5 Å². The summed E-state index contributed by atoms with van der Waals surface area (Å²) < 4.78 is 1.82. The molecule has 0 aliphatic heterocycles. The van der Waals surface area contributed by atoms with Crippen molar-refractivity contribution in [3.63, 3.8) is 0 Å². The van der Waals surface area contributed by atoms with Gasteiger partial charge in [0.05, 0.1) is 12.6 Å². The van der Waals surface area contributed by atoms with E-state index >= 15 is 0 Å². The van der Waals surface area contributed by atoms with Gasteiger partial charge in [0.1, 0.15) is 0 Å². The van der Waals surface area contributed by atoms with E-state index in [-0.39, 0.29) is 18.0 Å². The second-order valence-corrected chi connectivity index (χ2v) is 5.98. The zero-order chi connectivity index (χ0) is 14.4. The fourth-order valence-electron chi connectivity index (χ4n) is 2.97. The standard InChI is InChI=1S/C15H26N4O/c1-12(11-19-9-5-8-17-19)18-15(20)14(16)10-13-6-3-2-4-7-13/h5,8-9,12-14H,2-4,6-7,10-11,16H2,1H3,(H,18,20). The lowest BCUT2D eigenvalue weighted by atomic mass is 9.85. The van der Waals surface area contributed by atoms with Gasteiger partial charge >= 0.3 is 0 Å². The number of aromatic nitrogens is 2. The maximum absolute atomic E-state index is 12.1. The van der Waals surface area contributed by atoms with Crippen LogP contribution in [-0.4, -0.2) is 27.8 Å². The van der Waals surface area contributed by atoms with Crippen LogP contribution in [0.2, 0.25) is 0 Å². The number of amides is 1. The fourth-order valence-corrected chi connectivity index (χ4v) is 2.97. The van der Waals surface area contributed by atoms with E-state index in [0.29, 0.717) is 12.5 Å². The molecule has 1 saturated carbocycles. The van der Waals surface area contributed by atoms with Crippen molar-refractivity contribution in [1.82, 2.24) is 15.1 Å². The van der Waals surface area contributed by atoms with Gasteiger partial charge in [0.2, 0.25) is 5.91 Å². The van der Waals surface area contributed by atoms with Crippen LogP contribution >= 0.6 is 0 Å². The van der Waals surface area contributed by atoms with Gasteiger partial charge in [-0.15, -0.1) is 0 Å². The number of nitrogens with one attached hydrogen (secondary N) is 1. The summed E-state index contributed by atoms with van der Waals surface area (Å²) in [7, 11) is 0. The lowest BCUT2D eigenvalue weighted by Crippen LogP contribution is -2.46. The fraction of sp³-hybridized carbons (Fsp3) is 0.733. The van der Waals surface area contributed by atoms with Crippen LogP contribution in [0.1, 0.15) is 45.4 Å². The Morgan fingerprint density at radius 2 is 2.20 bits per heavy atom. The Morgan fingerprint density at radius 3 is 2.85 bits per heavy atom. The number of carbonyl (C=O) groups excluding carboxylic acids is 1. The van der Waals surface area contributed by atoms with Crippen molar-refractivity contribution in [1.29, 1.82) is 0 Å². The first-order valence-electron chi connectivity index (χ1n) is 7.68. The molecule has 3 N–H and O–H groups in total. The van der Waals surface area contributed by atoms with Crippen molar-refractivity contribution in [2.24, 2.45) is 11.7 Å². The molecular weight excluding hydrogens is 252 g/mol. The zero-order valence-electron chi connectivity index (χ0n) is 12.3. The van der Waals surface area contributed by atoms with Crippen LogP contribution in [0.5, 0.6) is 0 Å². The Morgan fingerprint density at radius 1 is 1.45 bits per heavy atom. The molecule has 5 heteroatoms. The highest BCUT2D eigenvalue weighted by Gasteiger charge is 2.22. The third-order valence-electron chi connectivity index (χ3n) is 4.06. The van der Waals surface area contributed by atoms with E-state index in [1.54, 1.807) is 6.20 Å². The van der Waals surface area contributed by atoms with E-state index in [9.17, 15) is 4.79 Å². The van der Waals surface area contributed by atoms with Crippen molar-refractivity contribution < 1.29 is 4.79 Å². The second-order valence-electron chi connectivity index (χ2n) is 5.98. The largest absolute Gasteiger partial charge is 0.350 e. The molecule has 0 saturated heterocycles. The number of hydrogen-bond donors (Lipinski definition) is 2. The molecule has 112 valence electrons. The van der Waals surface area contributed by atoms with Crippen LogP contribution < -0.4 is 11.1 Å². The topological polar surface area (TPSA) is 72.9 Å². The zero-order valence-corrected chi connectivity index (χ0v) is 12.3. The molecule has 5 nitrogen and oxygen atoms in total. The highest BCUT2D eigenvalue weighted by Crippen LogP contribution is 2.26. The summed E-state index contributed by atoms with van der Waals surface area (Å²) in [4.78, 5) is 12.1. The number of rotatable bonds is 6. The first-order chi connectivity index (χ1) is 9.65. The summed E-state index contributed by atoms with van der Waals surface area (Å²) in [6.07, 6.45) is 10.8. The van der Waals surface area contributed by atoms with Gasteiger partial charge in [-0.05, 0) is 25.3 Å². The molecule has 1 aliphatic rings. The summed E-state index contributed by atoms with van der Waals surface area (Å²) in [6, 6.07) is 1.54. The van der Waals surface area contributed by atoms with Crippen molar-refractivity contribution in [2.45, 2.75) is 64.1 Å². The highest BCUT2D eigenvalue weighted by atomic mass is 16.2. The summed E-state index contributed by atoms with van der Waals surface area (Å²) in [6.45, 7) is 2.65. The first-order valence-corrected chi connectivity index (χ1v) is 7.68. The summed E-state index contributed by atoms with van der Waals surface area (Å²) in [5, 5.41) is 7.12. The lowest BCUT2D eigenvalue weighted by molar-refractivity contribution is -0.123. The minimum atomic E-state index is -0.377. The van der Waals surface area contributed by atoms with E-state index in [2.05, 4.69) is 10.4 Å². The van der Waals surface area contributed by atoms with Crippen LogP contribution in [0.25, 0.3) is 0 Å². The average molecular weight is 278 g/mol. The van der Waals surface area contributed by atoms with Gasteiger partial charge in [0.15, 0.2) is 0 Å². The predicted octanol–water partition coefficient (Wildman–Crippen LogP) is 1.69. The first kappa shape index (κ1) is 15.0. The van der Waals surface area contributed by atoms with Gasteiger partial charge in [0.25, 0.3) is 0 Å². The number of nitrogens with zero attached hydrogens (tertiary/aromatic N) is 2. The molecule has 0 aromatic carbocycles. The highest BCUT2D eigenvalue weighted by molar-refractivity contribution is 5.81. The molecule has 1 aromatic rings. The quantitative estimate of drug-likeness (QED) is 0.831. The van der Waals surface area contributed by atoms with Gasteiger partial charge < -0.3 is 11.1 Å². The smallest absolute Gasteiger partial charge is 0.237 e. The Kier molecular flexibility index (Phi) is 5.59. The molecule has 2 rings (SSSR count). The molecule has 20 heavy (non-hydrogen) atoms. The Bertz CT molecular complexity index is 398. The summed E-state index contributed by atoms with van der Waals surface area (Å²) in [5.41, 5.74) is 6.04. The molecule has 1 aromatic heterocycles. The van der Waals surface area contributed by atoms with Gasteiger partial charge in [-0.2, -0.15) is 5.10 Å². The van der Waals surface area contributed by atoms with E-state index in [1.165, 1.54) is 32.1 Å². The number of hydrogen-bond acceptors (Lipinski definition) is 3. The van der Waals surface area contributed by atoms with Gasteiger partial charge in [-0.3, -0.25) is 9.48 Å². The molecule has 0 bridgehead atoms. The van der Waals surface area contributed by atoms with Crippen molar-refractivity contribution >= 4 is 5.91 Å². The van der Waals surface area contributed by atoms with E-state index in [0.717, 1.165) is 6.42 Å². The third-order valence-corrected chi connectivity index (χ3v) is 4.06. The average Bonchev–Trinajstić information content (AvgIpc) is 2.92. The van der Waals surface area contributed by atoms with E-state index in [4.69, 9.17) is 5.73 Å². The molecule has 0 radical (unpaired) electrons. The van der Waals surface area contributed by atoms with E-state index < -0.39 is 0 Å². The van der Waals surface area contributed by atoms with E-state index in [1.807, 2.05) is 23.9 Å². The molecule has 0 spiro atoms. The molecule has 1 amide bonds.